The highest BCUT2D eigenvalue weighted by Gasteiger charge is 1.98. The first-order chi connectivity index (χ1) is 9.69. The Morgan fingerprint density at radius 2 is 1.35 bits per heavy atom. The van der Waals surface area contributed by atoms with Gasteiger partial charge in [-0.15, -0.1) is 0 Å². The molecule has 0 N–H and O–H groups in total. The Morgan fingerprint density at radius 1 is 0.850 bits per heavy atom. The van der Waals surface area contributed by atoms with Crippen LogP contribution in [-0.4, -0.2) is 14.1 Å². The van der Waals surface area contributed by atoms with E-state index in [0.717, 1.165) is 24.8 Å². The Balaban J connectivity index is 1.84. The molecule has 2 nitrogen and oxygen atoms in total. The summed E-state index contributed by atoms with van der Waals surface area (Å²) in [5.41, 5.74) is 4.65. The minimum Gasteiger partial charge on any atom is -0.378 e. The van der Waals surface area contributed by atoms with Crippen molar-refractivity contribution in [3.05, 3.63) is 65.2 Å². The van der Waals surface area contributed by atoms with Crippen LogP contribution in [0.2, 0.25) is 0 Å². The smallest absolute Gasteiger partial charge is 0.0991 e. The summed E-state index contributed by atoms with van der Waals surface area (Å²) in [7, 11) is 4.11. The monoisotopic (exact) mass is 264 g/mol. The van der Waals surface area contributed by atoms with Crippen molar-refractivity contribution in [3.63, 3.8) is 0 Å². The van der Waals surface area contributed by atoms with Crippen LogP contribution in [-0.2, 0) is 12.8 Å². The molecule has 0 unspecified atom stereocenters. The molecule has 0 radical (unpaired) electrons. The molecule has 0 aliphatic rings. The van der Waals surface area contributed by atoms with E-state index in [1.54, 1.807) is 0 Å². The van der Waals surface area contributed by atoms with Crippen LogP contribution in [0.3, 0.4) is 0 Å². The van der Waals surface area contributed by atoms with Crippen molar-refractivity contribution >= 4 is 5.69 Å². The molecule has 0 amide bonds. The molecule has 2 rings (SSSR count). The number of benzene rings is 2. The van der Waals surface area contributed by atoms with Crippen LogP contribution < -0.4 is 4.90 Å². The van der Waals surface area contributed by atoms with Gasteiger partial charge in [-0.25, -0.2) is 0 Å². The first-order valence-electron chi connectivity index (χ1n) is 6.94. The van der Waals surface area contributed by atoms with E-state index in [1.807, 2.05) is 24.3 Å². The van der Waals surface area contributed by atoms with E-state index < -0.39 is 0 Å². The van der Waals surface area contributed by atoms with E-state index >= 15 is 0 Å². The van der Waals surface area contributed by atoms with E-state index in [4.69, 9.17) is 5.26 Å². The lowest BCUT2D eigenvalue weighted by Gasteiger charge is -2.12. The summed E-state index contributed by atoms with van der Waals surface area (Å²) in [4.78, 5) is 2.11. The average Bonchev–Trinajstić information content (AvgIpc) is 2.48. The lowest BCUT2D eigenvalue weighted by atomic mass is 10.0. The van der Waals surface area contributed by atoms with Gasteiger partial charge in [-0.05, 0) is 54.7 Å². The summed E-state index contributed by atoms with van der Waals surface area (Å²) in [6.45, 7) is 0. The molecule has 0 aliphatic carbocycles. The van der Waals surface area contributed by atoms with E-state index in [1.165, 1.54) is 16.8 Å². The fraction of sp³-hybridized carbons (Fsp3) is 0.278. The summed E-state index contributed by atoms with van der Waals surface area (Å²) in [6.07, 6.45) is 3.28. The number of nitriles is 1. The predicted octanol–water partition coefficient (Wildman–Crippen LogP) is 3.80. The molecule has 0 spiro atoms. The third-order valence-electron chi connectivity index (χ3n) is 3.47. The molecule has 2 aromatic carbocycles. The van der Waals surface area contributed by atoms with Gasteiger partial charge in [-0.2, -0.15) is 5.26 Å². The first kappa shape index (κ1) is 14.1. The Kier molecular flexibility index (Phi) is 4.79. The van der Waals surface area contributed by atoms with Crippen LogP contribution >= 0.6 is 0 Å². The highest BCUT2D eigenvalue weighted by Crippen LogP contribution is 2.14. The highest BCUT2D eigenvalue weighted by atomic mass is 15.1. The molecule has 2 heteroatoms. The second-order valence-electron chi connectivity index (χ2n) is 5.22. The van der Waals surface area contributed by atoms with Crippen LogP contribution in [0.5, 0.6) is 0 Å². The molecule has 0 aromatic heterocycles. The summed E-state index contributed by atoms with van der Waals surface area (Å²) < 4.78 is 0. The molecule has 0 atom stereocenters. The molecule has 2 aromatic rings. The van der Waals surface area contributed by atoms with E-state index in [9.17, 15) is 0 Å². The lowest BCUT2D eigenvalue weighted by molar-refractivity contribution is 0.820. The summed E-state index contributed by atoms with van der Waals surface area (Å²) in [5, 5.41) is 8.76. The van der Waals surface area contributed by atoms with Crippen molar-refractivity contribution in [2.75, 3.05) is 19.0 Å². The van der Waals surface area contributed by atoms with Crippen molar-refractivity contribution in [2.24, 2.45) is 0 Å². The van der Waals surface area contributed by atoms with Crippen molar-refractivity contribution < 1.29 is 0 Å². The number of nitrogens with zero attached hydrogens (tertiary/aromatic N) is 2. The Bertz CT molecular complexity index is 574. The van der Waals surface area contributed by atoms with E-state index in [2.05, 4.69) is 49.3 Å². The van der Waals surface area contributed by atoms with Crippen LogP contribution in [0.4, 0.5) is 5.69 Å². The predicted molar refractivity (Wildman–Crippen MR) is 84.0 cm³/mol. The summed E-state index contributed by atoms with van der Waals surface area (Å²) >= 11 is 0. The molecule has 0 saturated heterocycles. The first-order valence-corrected chi connectivity index (χ1v) is 6.94. The van der Waals surface area contributed by atoms with Gasteiger partial charge in [0.25, 0.3) is 0 Å². The number of anilines is 1. The molecule has 0 heterocycles. The van der Waals surface area contributed by atoms with Gasteiger partial charge < -0.3 is 4.90 Å². The zero-order valence-electron chi connectivity index (χ0n) is 12.1. The van der Waals surface area contributed by atoms with Gasteiger partial charge in [-0.3, -0.25) is 0 Å². The minimum absolute atomic E-state index is 0.730. The fourth-order valence-electron chi connectivity index (χ4n) is 2.20. The fourth-order valence-corrected chi connectivity index (χ4v) is 2.20. The van der Waals surface area contributed by atoms with Crippen molar-refractivity contribution in [3.8, 4) is 6.07 Å². The maximum Gasteiger partial charge on any atom is 0.0991 e. The van der Waals surface area contributed by atoms with Gasteiger partial charge in [0.2, 0.25) is 0 Å². The van der Waals surface area contributed by atoms with Crippen LogP contribution in [0.25, 0.3) is 0 Å². The Morgan fingerprint density at radius 3 is 1.80 bits per heavy atom. The van der Waals surface area contributed by atoms with Gasteiger partial charge in [-0.1, -0.05) is 24.3 Å². The number of rotatable bonds is 5. The average molecular weight is 264 g/mol. The zero-order valence-corrected chi connectivity index (χ0v) is 12.1. The van der Waals surface area contributed by atoms with Gasteiger partial charge in [0.05, 0.1) is 11.6 Å². The Hall–Kier alpha value is -2.27. The topological polar surface area (TPSA) is 27.0 Å². The van der Waals surface area contributed by atoms with Gasteiger partial charge in [0.15, 0.2) is 0 Å². The van der Waals surface area contributed by atoms with E-state index in [0.29, 0.717) is 0 Å². The second kappa shape index (κ2) is 6.77. The van der Waals surface area contributed by atoms with Crippen molar-refractivity contribution in [2.45, 2.75) is 19.3 Å². The quantitative estimate of drug-likeness (QED) is 0.821. The summed E-state index contributed by atoms with van der Waals surface area (Å²) in [5.74, 6) is 0. The number of hydrogen-bond donors (Lipinski definition) is 0. The van der Waals surface area contributed by atoms with Gasteiger partial charge in [0.1, 0.15) is 0 Å². The minimum atomic E-state index is 0.730. The SMILES string of the molecule is CN(C)c1ccc(CCCc2ccc(C#N)cc2)cc1. The van der Waals surface area contributed by atoms with Crippen LogP contribution in [0.1, 0.15) is 23.1 Å². The summed E-state index contributed by atoms with van der Waals surface area (Å²) in [6, 6.07) is 18.8. The number of aryl methyl sites for hydroxylation is 2. The second-order valence-corrected chi connectivity index (χ2v) is 5.22. The largest absolute Gasteiger partial charge is 0.378 e. The molecule has 0 fully saturated rings. The number of hydrogen-bond acceptors (Lipinski definition) is 2. The molecule has 102 valence electrons. The molecule has 20 heavy (non-hydrogen) atoms. The molecular weight excluding hydrogens is 244 g/mol. The maximum absolute atomic E-state index is 8.76. The van der Waals surface area contributed by atoms with E-state index in [-0.39, 0.29) is 0 Å². The third kappa shape index (κ3) is 3.86. The Labute approximate surface area is 121 Å². The van der Waals surface area contributed by atoms with Crippen LogP contribution in [0, 0.1) is 11.3 Å². The molecule has 0 saturated carbocycles. The molecule has 0 aliphatic heterocycles. The molecular formula is C18H20N2. The lowest BCUT2D eigenvalue weighted by Crippen LogP contribution is -2.08. The maximum atomic E-state index is 8.76. The van der Waals surface area contributed by atoms with Crippen molar-refractivity contribution in [1.29, 1.82) is 5.26 Å². The van der Waals surface area contributed by atoms with Crippen LogP contribution in [0.15, 0.2) is 48.5 Å². The zero-order chi connectivity index (χ0) is 14.4. The standard InChI is InChI=1S/C18H20N2/c1-20(2)18-12-10-16(11-13-18)5-3-4-15-6-8-17(14-19)9-7-15/h6-13H,3-5H2,1-2H3. The highest BCUT2D eigenvalue weighted by molar-refractivity contribution is 5.46. The third-order valence-corrected chi connectivity index (χ3v) is 3.47. The molecule has 0 bridgehead atoms. The normalized spacial score (nSPS) is 10.1. The van der Waals surface area contributed by atoms with Crippen molar-refractivity contribution in [1.82, 2.24) is 0 Å². The van der Waals surface area contributed by atoms with Gasteiger partial charge in [0, 0.05) is 19.8 Å². The van der Waals surface area contributed by atoms with Gasteiger partial charge >= 0.3 is 0 Å².